The monoisotopic (exact) mass is 402 g/mol. The van der Waals surface area contributed by atoms with Gasteiger partial charge in [0.25, 0.3) is 5.56 Å². The Morgan fingerprint density at radius 3 is 2.79 bits per heavy atom. The first-order valence-corrected chi connectivity index (χ1v) is 11.0. The van der Waals surface area contributed by atoms with E-state index in [2.05, 4.69) is 4.98 Å². The smallest absolute Gasteiger partial charge is 0.272 e. The van der Waals surface area contributed by atoms with Crippen LogP contribution in [0.15, 0.2) is 46.3 Å². The highest BCUT2D eigenvalue weighted by Crippen LogP contribution is 2.37. The van der Waals surface area contributed by atoms with Crippen molar-refractivity contribution in [3.8, 4) is 16.9 Å². The van der Waals surface area contributed by atoms with Gasteiger partial charge in [0.1, 0.15) is 17.4 Å². The molecule has 0 amide bonds. The van der Waals surface area contributed by atoms with Crippen molar-refractivity contribution in [2.24, 2.45) is 7.05 Å². The van der Waals surface area contributed by atoms with Crippen LogP contribution in [0.5, 0.6) is 5.75 Å². The molecule has 8 heteroatoms. The number of rotatable bonds is 4. The molecule has 148 valence electrons. The number of nitrogens with one attached hydrogen (secondary N) is 1. The molecular weight excluding hydrogens is 380 g/mol. The molecule has 1 atom stereocenters. The number of aryl methyl sites for hydroxylation is 1. The van der Waals surface area contributed by atoms with Crippen LogP contribution in [0.2, 0.25) is 0 Å². The van der Waals surface area contributed by atoms with Crippen LogP contribution < -0.4 is 10.3 Å². The summed E-state index contributed by atoms with van der Waals surface area (Å²) < 4.78 is 37.7. The number of aromatic amines is 1. The van der Waals surface area contributed by atoms with Crippen molar-refractivity contribution in [2.75, 3.05) is 19.5 Å². The Morgan fingerprint density at radius 1 is 1.25 bits per heavy atom. The van der Waals surface area contributed by atoms with Crippen LogP contribution in [0.25, 0.3) is 22.0 Å². The molecule has 3 heterocycles. The van der Waals surface area contributed by atoms with Crippen LogP contribution in [-0.2, 0) is 21.6 Å². The molecule has 1 N–H and O–H groups in total. The van der Waals surface area contributed by atoms with Crippen LogP contribution in [0, 0.1) is 0 Å². The maximum Gasteiger partial charge on any atom is 0.272 e. The third kappa shape index (κ3) is 3.45. The first kappa shape index (κ1) is 18.8. The van der Waals surface area contributed by atoms with Crippen LogP contribution in [0.4, 0.5) is 0 Å². The summed E-state index contributed by atoms with van der Waals surface area (Å²) in [4.78, 5) is 15.1. The minimum absolute atomic E-state index is 0.0880. The van der Waals surface area contributed by atoms with Crippen LogP contribution in [-0.4, -0.2) is 43.5 Å². The average Bonchev–Trinajstić information content (AvgIpc) is 3.00. The van der Waals surface area contributed by atoms with E-state index in [0.717, 1.165) is 30.4 Å². The number of fused-ring (bicyclic) bond motifs is 1. The van der Waals surface area contributed by atoms with E-state index < -0.39 is 9.84 Å². The average molecular weight is 402 g/mol. The molecular formula is C20H22N2O5S. The van der Waals surface area contributed by atoms with E-state index in [1.807, 2.05) is 12.3 Å². The second-order valence-electron chi connectivity index (χ2n) is 7.11. The maximum atomic E-state index is 12.3. The second kappa shape index (κ2) is 7.10. The Hall–Kier alpha value is -2.58. The molecule has 0 radical (unpaired) electrons. The molecule has 0 saturated carbocycles. The molecule has 0 spiro atoms. The Balaban J connectivity index is 1.90. The molecule has 0 bridgehead atoms. The van der Waals surface area contributed by atoms with E-state index in [0.29, 0.717) is 23.4 Å². The van der Waals surface area contributed by atoms with Crippen molar-refractivity contribution in [1.29, 1.82) is 0 Å². The summed E-state index contributed by atoms with van der Waals surface area (Å²) in [5.74, 6) is 0.579. The topological polar surface area (TPSA) is 90.4 Å². The zero-order chi connectivity index (χ0) is 19.9. The van der Waals surface area contributed by atoms with Gasteiger partial charge >= 0.3 is 0 Å². The summed E-state index contributed by atoms with van der Waals surface area (Å²) in [6.07, 6.45) is 6.30. The zero-order valence-electron chi connectivity index (χ0n) is 15.8. The van der Waals surface area contributed by atoms with Crippen molar-refractivity contribution in [1.82, 2.24) is 9.55 Å². The van der Waals surface area contributed by atoms with Gasteiger partial charge in [0.2, 0.25) is 0 Å². The highest BCUT2D eigenvalue weighted by molar-refractivity contribution is 7.90. The molecule has 3 aromatic rings. The van der Waals surface area contributed by atoms with Crippen molar-refractivity contribution in [3.05, 3.63) is 47.0 Å². The summed E-state index contributed by atoms with van der Waals surface area (Å²) in [6.45, 7) is 1.23. The van der Waals surface area contributed by atoms with E-state index in [1.165, 1.54) is 6.26 Å². The minimum atomic E-state index is -3.39. The fourth-order valence-corrected chi connectivity index (χ4v) is 4.26. The molecule has 7 nitrogen and oxygen atoms in total. The summed E-state index contributed by atoms with van der Waals surface area (Å²) >= 11 is 0. The number of ether oxygens (including phenoxy) is 2. The quantitative estimate of drug-likeness (QED) is 0.724. The van der Waals surface area contributed by atoms with Crippen LogP contribution in [0.3, 0.4) is 0 Å². The van der Waals surface area contributed by atoms with Crippen molar-refractivity contribution in [3.63, 3.8) is 0 Å². The van der Waals surface area contributed by atoms with E-state index in [-0.39, 0.29) is 16.6 Å². The lowest BCUT2D eigenvalue weighted by molar-refractivity contribution is 0.00766. The third-order valence-corrected chi connectivity index (χ3v) is 6.09. The lowest BCUT2D eigenvalue weighted by atomic mass is 10.0. The van der Waals surface area contributed by atoms with Crippen molar-refractivity contribution < 1.29 is 17.9 Å². The lowest BCUT2D eigenvalue weighted by Gasteiger charge is -2.24. The molecule has 1 saturated heterocycles. The lowest BCUT2D eigenvalue weighted by Crippen LogP contribution is -2.28. The Bertz CT molecular complexity index is 1190. The molecule has 1 aliphatic heterocycles. The Kier molecular flexibility index (Phi) is 4.76. The number of benzene rings is 1. The normalized spacial score (nSPS) is 17.7. The predicted molar refractivity (Wildman–Crippen MR) is 107 cm³/mol. The SMILES string of the molecule is Cn1cc(-c2cc(S(C)(=O)=O)ccc2OC2CCCOC2)c2cc[nH]c(=O)c21. The van der Waals surface area contributed by atoms with Gasteiger partial charge < -0.3 is 19.0 Å². The number of pyridine rings is 1. The van der Waals surface area contributed by atoms with Gasteiger partial charge in [-0.25, -0.2) is 8.42 Å². The van der Waals surface area contributed by atoms with Gasteiger partial charge in [-0.3, -0.25) is 4.79 Å². The van der Waals surface area contributed by atoms with Gasteiger partial charge in [0, 0.05) is 48.8 Å². The molecule has 1 aromatic carbocycles. The van der Waals surface area contributed by atoms with Gasteiger partial charge in [0.15, 0.2) is 9.84 Å². The van der Waals surface area contributed by atoms with Crippen LogP contribution in [0.1, 0.15) is 12.8 Å². The van der Waals surface area contributed by atoms with Gasteiger partial charge in [0.05, 0.1) is 11.5 Å². The fraction of sp³-hybridized carbons (Fsp3) is 0.350. The number of H-pyrrole nitrogens is 1. The zero-order valence-corrected chi connectivity index (χ0v) is 16.6. The minimum Gasteiger partial charge on any atom is -0.487 e. The molecule has 28 heavy (non-hydrogen) atoms. The number of hydrogen-bond acceptors (Lipinski definition) is 5. The third-order valence-electron chi connectivity index (χ3n) is 4.98. The highest BCUT2D eigenvalue weighted by atomic mass is 32.2. The number of hydrogen-bond donors (Lipinski definition) is 1. The van der Waals surface area contributed by atoms with Crippen molar-refractivity contribution >= 4 is 20.7 Å². The summed E-state index contributed by atoms with van der Waals surface area (Å²) in [7, 11) is -1.60. The van der Waals surface area contributed by atoms with Gasteiger partial charge in [-0.1, -0.05) is 0 Å². The van der Waals surface area contributed by atoms with Crippen molar-refractivity contribution in [2.45, 2.75) is 23.8 Å². The van der Waals surface area contributed by atoms with E-state index in [9.17, 15) is 13.2 Å². The maximum absolute atomic E-state index is 12.3. The first-order chi connectivity index (χ1) is 13.3. The molecule has 1 unspecified atom stereocenters. The molecule has 0 aliphatic carbocycles. The fourth-order valence-electron chi connectivity index (χ4n) is 3.62. The van der Waals surface area contributed by atoms with Gasteiger partial charge in [-0.15, -0.1) is 0 Å². The van der Waals surface area contributed by atoms with E-state index in [4.69, 9.17) is 9.47 Å². The van der Waals surface area contributed by atoms with E-state index in [1.54, 1.807) is 36.0 Å². The predicted octanol–water partition coefficient (Wildman–Crippen LogP) is 2.49. The summed E-state index contributed by atoms with van der Waals surface area (Å²) in [6, 6.07) is 6.67. The highest BCUT2D eigenvalue weighted by Gasteiger charge is 2.21. The van der Waals surface area contributed by atoms with Crippen LogP contribution >= 0.6 is 0 Å². The number of nitrogens with zero attached hydrogens (tertiary/aromatic N) is 1. The number of sulfone groups is 1. The molecule has 1 fully saturated rings. The largest absolute Gasteiger partial charge is 0.487 e. The van der Waals surface area contributed by atoms with E-state index >= 15 is 0 Å². The summed E-state index contributed by atoms with van der Waals surface area (Å²) in [5.41, 5.74) is 1.72. The Labute approximate surface area is 162 Å². The van der Waals surface area contributed by atoms with Gasteiger partial charge in [-0.2, -0.15) is 0 Å². The second-order valence-corrected chi connectivity index (χ2v) is 9.13. The van der Waals surface area contributed by atoms with Gasteiger partial charge in [-0.05, 0) is 37.1 Å². The molecule has 1 aliphatic rings. The molecule has 2 aromatic heterocycles. The standard InChI is InChI=1S/C20H22N2O5S/c1-22-11-17(15-7-8-21-20(23)19(15)22)16-10-14(28(2,24)25)5-6-18(16)27-13-4-3-9-26-12-13/h5-8,10-11,13H,3-4,9,12H2,1-2H3,(H,21,23). The number of aromatic nitrogens is 2. The first-order valence-electron chi connectivity index (χ1n) is 9.10. The Morgan fingerprint density at radius 2 is 2.07 bits per heavy atom. The molecule has 4 rings (SSSR count). The summed E-state index contributed by atoms with van der Waals surface area (Å²) in [5, 5.41) is 0.738.